The highest BCUT2D eigenvalue weighted by molar-refractivity contribution is 5.74. The summed E-state index contributed by atoms with van der Waals surface area (Å²) in [5.41, 5.74) is 1.26. The standard InChI is InChI=1S/C18H24N2O4/c21-10-13-3-7-20(8-4-13)17(22)19-11-18(5-6-18)14-1-2-15-16(9-14)24-12-23-15/h1-2,9,13,21H,3-8,10-12H2,(H,19,22). The number of piperidine rings is 1. The summed E-state index contributed by atoms with van der Waals surface area (Å²) in [4.78, 5) is 14.3. The van der Waals surface area contributed by atoms with Crippen LogP contribution in [0.4, 0.5) is 4.79 Å². The van der Waals surface area contributed by atoms with Gasteiger partial charge in [0.2, 0.25) is 6.79 Å². The average molecular weight is 332 g/mol. The van der Waals surface area contributed by atoms with E-state index in [1.165, 1.54) is 5.56 Å². The molecule has 4 rings (SSSR count). The second kappa shape index (κ2) is 6.16. The fourth-order valence-corrected chi connectivity index (χ4v) is 3.62. The Morgan fingerprint density at radius 3 is 2.71 bits per heavy atom. The zero-order valence-corrected chi connectivity index (χ0v) is 13.8. The Hall–Kier alpha value is -1.95. The van der Waals surface area contributed by atoms with Crippen LogP contribution in [0.1, 0.15) is 31.2 Å². The zero-order chi connectivity index (χ0) is 16.6. The van der Waals surface area contributed by atoms with Gasteiger partial charge in [-0.2, -0.15) is 0 Å². The Bertz CT molecular complexity index is 621. The first kappa shape index (κ1) is 15.6. The highest BCUT2D eigenvalue weighted by Gasteiger charge is 2.45. The molecule has 1 saturated carbocycles. The van der Waals surface area contributed by atoms with Crippen molar-refractivity contribution in [3.05, 3.63) is 23.8 Å². The van der Waals surface area contributed by atoms with Gasteiger partial charge in [-0.3, -0.25) is 0 Å². The van der Waals surface area contributed by atoms with Crippen LogP contribution in [0.2, 0.25) is 0 Å². The Kier molecular flexibility index (Phi) is 4.00. The van der Waals surface area contributed by atoms with Crippen LogP contribution in [0, 0.1) is 5.92 Å². The van der Waals surface area contributed by atoms with Crippen LogP contribution in [-0.2, 0) is 5.41 Å². The molecule has 2 fully saturated rings. The number of ether oxygens (including phenoxy) is 2. The highest BCUT2D eigenvalue weighted by atomic mass is 16.7. The largest absolute Gasteiger partial charge is 0.454 e. The van der Waals surface area contributed by atoms with E-state index in [1.54, 1.807) is 0 Å². The van der Waals surface area contributed by atoms with E-state index in [4.69, 9.17) is 9.47 Å². The van der Waals surface area contributed by atoms with Gasteiger partial charge in [0.15, 0.2) is 11.5 Å². The van der Waals surface area contributed by atoms with Gasteiger partial charge >= 0.3 is 6.03 Å². The molecule has 130 valence electrons. The number of urea groups is 1. The van der Waals surface area contributed by atoms with Gasteiger partial charge in [0.25, 0.3) is 0 Å². The third-order valence-corrected chi connectivity index (χ3v) is 5.58. The van der Waals surface area contributed by atoms with Crippen LogP contribution in [0.3, 0.4) is 0 Å². The van der Waals surface area contributed by atoms with Gasteiger partial charge in [-0.1, -0.05) is 6.07 Å². The molecule has 0 bridgehead atoms. The number of fused-ring (bicyclic) bond motifs is 1. The number of carbonyl (C=O) groups excluding carboxylic acids is 1. The van der Waals surface area contributed by atoms with Crippen molar-refractivity contribution in [3.63, 3.8) is 0 Å². The van der Waals surface area contributed by atoms with E-state index < -0.39 is 0 Å². The summed E-state index contributed by atoms with van der Waals surface area (Å²) in [5, 5.41) is 12.3. The molecular formula is C18H24N2O4. The van der Waals surface area contributed by atoms with Crippen molar-refractivity contribution < 1.29 is 19.4 Å². The zero-order valence-electron chi connectivity index (χ0n) is 13.8. The lowest BCUT2D eigenvalue weighted by Crippen LogP contribution is -2.46. The predicted octanol–water partition coefficient (Wildman–Crippen LogP) is 1.86. The molecule has 3 aliphatic rings. The van der Waals surface area contributed by atoms with Gasteiger partial charge in [-0.05, 0) is 49.3 Å². The van der Waals surface area contributed by atoms with Crippen LogP contribution < -0.4 is 14.8 Å². The molecule has 1 saturated heterocycles. The number of nitrogens with one attached hydrogen (secondary N) is 1. The van der Waals surface area contributed by atoms with Gasteiger partial charge in [0, 0.05) is 31.7 Å². The average Bonchev–Trinajstić information content (AvgIpc) is 3.28. The fourth-order valence-electron chi connectivity index (χ4n) is 3.62. The summed E-state index contributed by atoms with van der Waals surface area (Å²) in [7, 11) is 0. The van der Waals surface area contributed by atoms with E-state index in [0.717, 1.165) is 50.3 Å². The first-order chi connectivity index (χ1) is 11.7. The molecule has 0 atom stereocenters. The van der Waals surface area contributed by atoms with Gasteiger partial charge in [-0.25, -0.2) is 4.79 Å². The van der Waals surface area contributed by atoms with Crippen molar-refractivity contribution in [1.29, 1.82) is 0 Å². The van der Waals surface area contributed by atoms with Crippen molar-refractivity contribution >= 4 is 6.03 Å². The van der Waals surface area contributed by atoms with E-state index in [9.17, 15) is 9.90 Å². The maximum absolute atomic E-state index is 12.4. The molecule has 1 aromatic carbocycles. The van der Waals surface area contributed by atoms with Gasteiger partial charge in [-0.15, -0.1) is 0 Å². The molecule has 2 amide bonds. The molecule has 6 nitrogen and oxygen atoms in total. The summed E-state index contributed by atoms with van der Waals surface area (Å²) in [6.07, 6.45) is 3.94. The smallest absolute Gasteiger partial charge is 0.317 e. The van der Waals surface area contributed by atoms with E-state index >= 15 is 0 Å². The summed E-state index contributed by atoms with van der Waals surface area (Å²) in [6.45, 7) is 2.63. The Balaban J connectivity index is 1.35. The number of nitrogens with zero attached hydrogens (tertiary/aromatic N) is 1. The topological polar surface area (TPSA) is 71.0 Å². The number of amides is 2. The summed E-state index contributed by atoms with van der Waals surface area (Å²) >= 11 is 0. The Morgan fingerprint density at radius 2 is 2.00 bits per heavy atom. The number of aliphatic hydroxyl groups excluding tert-OH is 1. The number of carbonyl (C=O) groups is 1. The maximum atomic E-state index is 12.4. The number of rotatable bonds is 4. The van der Waals surface area contributed by atoms with E-state index in [0.29, 0.717) is 12.5 Å². The second-order valence-electron chi connectivity index (χ2n) is 7.12. The predicted molar refractivity (Wildman–Crippen MR) is 88.3 cm³/mol. The van der Waals surface area contributed by atoms with Crippen molar-refractivity contribution in [3.8, 4) is 11.5 Å². The van der Waals surface area contributed by atoms with E-state index in [-0.39, 0.29) is 24.8 Å². The maximum Gasteiger partial charge on any atom is 0.317 e. The minimum atomic E-state index is 0.0124. The Labute approximate surface area is 141 Å². The molecule has 1 aromatic rings. The van der Waals surface area contributed by atoms with Gasteiger partial charge in [0.1, 0.15) is 0 Å². The fraction of sp³-hybridized carbons (Fsp3) is 0.611. The van der Waals surface area contributed by atoms with Crippen molar-refractivity contribution in [1.82, 2.24) is 10.2 Å². The lowest BCUT2D eigenvalue weighted by Gasteiger charge is -2.31. The summed E-state index contributed by atoms with van der Waals surface area (Å²) in [5.74, 6) is 1.94. The second-order valence-corrected chi connectivity index (χ2v) is 7.12. The molecule has 0 spiro atoms. The molecule has 1 aliphatic carbocycles. The molecular weight excluding hydrogens is 308 g/mol. The lowest BCUT2D eigenvalue weighted by atomic mass is 9.95. The molecule has 2 aliphatic heterocycles. The van der Waals surface area contributed by atoms with Crippen LogP contribution in [0.15, 0.2) is 18.2 Å². The summed E-state index contributed by atoms with van der Waals surface area (Å²) in [6, 6.07) is 6.10. The SMILES string of the molecule is O=C(NCC1(c2ccc3c(c2)OCO3)CC1)N1CCC(CO)CC1. The van der Waals surface area contributed by atoms with Crippen LogP contribution in [-0.4, -0.2) is 49.1 Å². The van der Waals surface area contributed by atoms with Crippen LogP contribution in [0.5, 0.6) is 11.5 Å². The van der Waals surface area contributed by atoms with Crippen molar-refractivity contribution in [2.75, 3.05) is 33.0 Å². The monoisotopic (exact) mass is 332 g/mol. The van der Waals surface area contributed by atoms with Crippen LogP contribution >= 0.6 is 0 Å². The number of likely N-dealkylation sites (tertiary alicyclic amines) is 1. The summed E-state index contributed by atoms with van der Waals surface area (Å²) < 4.78 is 10.8. The van der Waals surface area contributed by atoms with Gasteiger partial charge < -0.3 is 24.8 Å². The molecule has 0 radical (unpaired) electrons. The molecule has 2 heterocycles. The quantitative estimate of drug-likeness (QED) is 0.883. The number of aliphatic hydroxyl groups is 1. The highest BCUT2D eigenvalue weighted by Crippen LogP contribution is 2.49. The molecule has 24 heavy (non-hydrogen) atoms. The third-order valence-electron chi connectivity index (χ3n) is 5.58. The number of hydrogen-bond acceptors (Lipinski definition) is 4. The first-order valence-electron chi connectivity index (χ1n) is 8.74. The minimum absolute atomic E-state index is 0.0124. The van der Waals surface area contributed by atoms with Crippen molar-refractivity contribution in [2.24, 2.45) is 5.92 Å². The Morgan fingerprint density at radius 1 is 1.25 bits per heavy atom. The van der Waals surface area contributed by atoms with E-state index in [2.05, 4.69) is 11.4 Å². The molecule has 6 heteroatoms. The number of benzene rings is 1. The first-order valence-corrected chi connectivity index (χ1v) is 8.74. The van der Waals surface area contributed by atoms with Gasteiger partial charge in [0.05, 0.1) is 0 Å². The van der Waals surface area contributed by atoms with E-state index in [1.807, 2.05) is 17.0 Å². The normalized spacial score (nSPS) is 21.6. The lowest BCUT2D eigenvalue weighted by molar-refractivity contribution is 0.137. The molecule has 2 N–H and O–H groups in total. The third kappa shape index (κ3) is 2.90. The van der Waals surface area contributed by atoms with Crippen molar-refractivity contribution in [2.45, 2.75) is 31.1 Å². The number of hydrogen-bond donors (Lipinski definition) is 2. The van der Waals surface area contributed by atoms with Crippen LogP contribution in [0.25, 0.3) is 0 Å². The minimum Gasteiger partial charge on any atom is -0.454 e. The molecule has 0 unspecified atom stereocenters. The molecule has 0 aromatic heterocycles.